The van der Waals surface area contributed by atoms with Crippen LogP contribution >= 0.6 is 11.3 Å². The summed E-state index contributed by atoms with van der Waals surface area (Å²) >= 11 is 1.54. The minimum absolute atomic E-state index is 0.0359. The molecule has 0 saturated heterocycles. The van der Waals surface area contributed by atoms with Crippen molar-refractivity contribution in [3.63, 3.8) is 0 Å². The molecule has 0 aliphatic rings. The van der Waals surface area contributed by atoms with Crippen LogP contribution in [0.4, 0.5) is 0 Å². The number of rotatable bonds is 5. The Morgan fingerprint density at radius 3 is 2.68 bits per heavy atom. The molecule has 0 fully saturated rings. The Morgan fingerprint density at radius 2 is 1.96 bits per heavy atom. The van der Waals surface area contributed by atoms with Crippen molar-refractivity contribution >= 4 is 17.3 Å². The van der Waals surface area contributed by atoms with Crippen LogP contribution in [0.1, 0.15) is 16.2 Å². The quantitative estimate of drug-likeness (QED) is 0.509. The molecule has 0 unspecified atom stereocenters. The molecule has 0 atom stereocenters. The number of carbonyl (C=O) groups excluding carboxylic acids is 1. The average molecular weight is 351 g/mol. The first-order valence-corrected chi connectivity index (χ1v) is 8.49. The maximum absolute atomic E-state index is 12.1. The van der Waals surface area contributed by atoms with Gasteiger partial charge in [0.15, 0.2) is 6.61 Å². The standard InChI is InChI=1S/C18H13N3O3S/c22-18(13-3-5-15(6-4-13)21-8-1-2-9-21)23-11-16-19-17(24-20-16)14-7-10-25-12-14/h1-10,12H,11H2. The molecular formula is C18H13N3O3S. The zero-order valence-electron chi connectivity index (χ0n) is 13.0. The molecule has 0 radical (unpaired) electrons. The van der Waals surface area contributed by atoms with Gasteiger partial charge in [0.2, 0.25) is 5.82 Å². The van der Waals surface area contributed by atoms with Crippen LogP contribution in [-0.2, 0) is 11.3 Å². The third-order valence-corrected chi connectivity index (χ3v) is 4.26. The molecule has 0 spiro atoms. The lowest BCUT2D eigenvalue weighted by molar-refractivity contribution is 0.0459. The molecule has 3 aromatic heterocycles. The van der Waals surface area contributed by atoms with E-state index in [1.807, 2.05) is 58.1 Å². The Bertz CT molecular complexity index is 958. The van der Waals surface area contributed by atoms with Crippen molar-refractivity contribution in [3.05, 3.63) is 77.0 Å². The largest absolute Gasteiger partial charge is 0.454 e. The van der Waals surface area contributed by atoms with Crippen LogP contribution in [-0.4, -0.2) is 20.7 Å². The predicted molar refractivity (Wildman–Crippen MR) is 92.5 cm³/mol. The summed E-state index contributed by atoms with van der Waals surface area (Å²) in [6, 6.07) is 12.9. The monoisotopic (exact) mass is 351 g/mol. The highest BCUT2D eigenvalue weighted by molar-refractivity contribution is 7.08. The van der Waals surface area contributed by atoms with Crippen LogP contribution in [0.25, 0.3) is 17.1 Å². The number of nitrogens with zero attached hydrogens (tertiary/aromatic N) is 3. The van der Waals surface area contributed by atoms with E-state index < -0.39 is 5.97 Å². The second-order valence-corrected chi connectivity index (χ2v) is 6.02. The lowest BCUT2D eigenvalue weighted by atomic mass is 10.2. The van der Waals surface area contributed by atoms with E-state index in [2.05, 4.69) is 10.1 Å². The number of thiophene rings is 1. The van der Waals surface area contributed by atoms with E-state index in [1.165, 1.54) is 0 Å². The number of aromatic nitrogens is 3. The summed E-state index contributed by atoms with van der Waals surface area (Å²) < 4.78 is 12.4. The summed E-state index contributed by atoms with van der Waals surface area (Å²) in [6.45, 7) is -0.0359. The molecule has 1 aromatic carbocycles. The molecule has 0 aliphatic heterocycles. The van der Waals surface area contributed by atoms with E-state index in [4.69, 9.17) is 9.26 Å². The molecule has 0 saturated carbocycles. The van der Waals surface area contributed by atoms with Gasteiger partial charge < -0.3 is 13.8 Å². The number of ether oxygens (including phenoxy) is 1. The fourth-order valence-corrected chi connectivity index (χ4v) is 2.94. The number of benzene rings is 1. The zero-order chi connectivity index (χ0) is 17.1. The van der Waals surface area contributed by atoms with E-state index in [0.29, 0.717) is 17.3 Å². The van der Waals surface area contributed by atoms with Crippen molar-refractivity contribution in [2.24, 2.45) is 0 Å². The first-order chi connectivity index (χ1) is 12.3. The smallest absolute Gasteiger partial charge is 0.338 e. The number of carbonyl (C=O) groups is 1. The van der Waals surface area contributed by atoms with Crippen molar-refractivity contribution < 1.29 is 14.1 Å². The molecule has 124 valence electrons. The van der Waals surface area contributed by atoms with Crippen LogP contribution in [0, 0.1) is 0 Å². The van der Waals surface area contributed by atoms with Gasteiger partial charge in [-0.3, -0.25) is 0 Å². The fraction of sp³-hybridized carbons (Fsp3) is 0.0556. The predicted octanol–water partition coefficient (Wildman–Crippen LogP) is 3.95. The van der Waals surface area contributed by atoms with E-state index in [9.17, 15) is 4.79 Å². The third-order valence-electron chi connectivity index (χ3n) is 3.57. The van der Waals surface area contributed by atoms with Gasteiger partial charge in [-0.2, -0.15) is 16.3 Å². The van der Waals surface area contributed by atoms with Crippen molar-refractivity contribution in [1.82, 2.24) is 14.7 Å². The number of hydrogen-bond donors (Lipinski definition) is 0. The summed E-state index contributed by atoms with van der Waals surface area (Å²) in [5, 5.41) is 7.66. The van der Waals surface area contributed by atoms with E-state index in [-0.39, 0.29) is 6.61 Å². The van der Waals surface area contributed by atoms with Gasteiger partial charge in [-0.05, 0) is 47.8 Å². The molecule has 4 aromatic rings. The van der Waals surface area contributed by atoms with Gasteiger partial charge in [0.05, 0.1) is 11.1 Å². The zero-order valence-corrected chi connectivity index (χ0v) is 13.8. The van der Waals surface area contributed by atoms with Gasteiger partial charge in [-0.15, -0.1) is 0 Å². The Hall–Kier alpha value is -3.19. The molecule has 7 heteroatoms. The molecule has 0 amide bonds. The lowest BCUT2D eigenvalue weighted by Crippen LogP contribution is -2.06. The number of esters is 1. The highest BCUT2D eigenvalue weighted by Gasteiger charge is 2.12. The van der Waals surface area contributed by atoms with Gasteiger partial charge in [0.25, 0.3) is 5.89 Å². The van der Waals surface area contributed by atoms with E-state index in [0.717, 1.165) is 11.3 Å². The molecule has 0 bridgehead atoms. The Kier molecular flexibility index (Phi) is 4.14. The molecule has 3 heterocycles. The van der Waals surface area contributed by atoms with E-state index in [1.54, 1.807) is 23.5 Å². The summed E-state index contributed by atoms with van der Waals surface area (Å²) in [6.07, 6.45) is 3.88. The average Bonchev–Trinajstić information content (AvgIpc) is 3.42. The second-order valence-electron chi connectivity index (χ2n) is 5.24. The van der Waals surface area contributed by atoms with Gasteiger partial charge >= 0.3 is 5.97 Å². The minimum atomic E-state index is -0.430. The highest BCUT2D eigenvalue weighted by atomic mass is 32.1. The highest BCUT2D eigenvalue weighted by Crippen LogP contribution is 2.20. The maximum Gasteiger partial charge on any atom is 0.338 e. The first-order valence-electron chi connectivity index (χ1n) is 7.55. The first kappa shape index (κ1) is 15.3. The lowest BCUT2D eigenvalue weighted by Gasteiger charge is -2.05. The Balaban J connectivity index is 1.39. The van der Waals surface area contributed by atoms with Crippen molar-refractivity contribution in [1.29, 1.82) is 0 Å². The normalized spacial score (nSPS) is 10.7. The molecule has 0 N–H and O–H groups in total. The minimum Gasteiger partial charge on any atom is -0.454 e. The van der Waals surface area contributed by atoms with Gasteiger partial charge in [-0.25, -0.2) is 4.79 Å². The second kappa shape index (κ2) is 6.74. The topological polar surface area (TPSA) is 70.2 Å². The fourth-order valence-electron chi connectivity index (χ4n) is 2.31. The van der Waals surface area contributed by atoms with E-state index >= 15 is 0 Å². The van der Waals surface area contributed by atoms with Gasteiger partial charge in [-0.1, -0.05) is 5.16 Å². The molecule has 6 nitrogen and oxygen atoms in total. The van der Waals surface area contributed by atoms with Crippen LogP contribution in [0.15, 0.2) is 70.1 Å². The third kappa shape index (κ3) is 3.36. The van der Waals surface area contributed by atoms with Crippen molar-refractivity contribution in [3.8, 4) is 17.1 Å². The Morgan fingerprint density at radius 1 is 1.16 bits per heavy atom. The van der Waals surface area contributed by atoms with Crippen LogP contribution < -0.4 is 0 Å². The van der Waals surface area contributed by atoms with Gasteiger partial charge in [0.1, 0.15) is 0 Å². The van der Waals surface area contributed by atoms with Crippen molar-refractivity contribution in [2.45, 2.75) is 6.61 Å². The molecule has 4 rings (SSSR count). The summed E-state index contributed by atoms with van der Waals surface area (Å²) in [7, 11) is 0. The SMILES string of the molecule is O=C(OCc1noc(-c2ccsc2)n1)c1ccc(-n2cccc2)cc1. The maximum atomic E-state index is 12.1. The van der Waals surface area contributed by atoms with Crippen LogP contribution in [0.5, 0.6) is 0 Å². The Labute approximate surface area is 147 Å². The summed E-state index contributed by atoms with van der Waals surface area (Å²) in [4.78, 5) is 16.4. The summed E-state index contributed by atoms with van der Waals surface area (Å²) in [5.74, 6) is 0.322. The molecule has 25 heavy (non-hydrogen) atoms. The number of hydrogen-bond acceptors (Lipinski definition) is 6. The summed E-state index contributed by atoms with van der Waals surface area (Å²) in [5.41, 5.74) is 2.30. The van der Waals surface area contributed by atoms with Crippen LogP contribution in [0.2, 0.25) is 0 Å². The molecular weight excluding hydrogens is 338 g/mol. The molecule has 0 aliphatic carbocycles. The van der Waals surface area contributed by atoms with Crippen molar-refractivity contribution in [2.75, 3.05) is 0 Å². The van der Waals surface area contributed by atoms with Crippen LogP contribution in [0.3, 0.4) is 0 Å². The van der Waals surface area contributed by atoms with Gasteiger partial charge in [0, 0.05) is 23.5 Å².